The minimum atomic E-state index is -0.881. The van der Waals surface area contributed by atoms with Crippen LogP contribution >= 0.6 is 11.8 Å². The highest BCUT2D eigenvalue weighted by molar-refractivity contribution is 7.98. The summed E-state index contributed by atoms with van der Waals surface area (Å²) in [5.74, 6) is 1.34. The first-order chi connectivity index (χ1) is 10.4. The van der Waals surface area contributed by atoms with Crippen molar-refractivity contribution in [3.05, 3.63) is 35.4 Å². The van der Waals surface area contributed by atoms with Gasteiger partial charge in [-0.25, -0.2) is 0 Å². The third-order valence-electron chi connectivity index (χ3n) is 3.14. The van der Waals surface area contributed by atoms with Crippen LogP contribution in [0.25, 0.3) is 0 Å². The minimum absolute atomic E-state index is 0.0241. The topological polar surface area (TPSA) is 57.6 Å². The van der Waals surface area contributed by atoms with Crippen LogP contribution < -0.4 is 0 Å². The fraction of sp³-hybridized carbons (Fsp3) is 0.529. The molecule has 1 aromatic rings. The molecule has 0 atom stereocenters. The summed E-state index contributed by atoms with van der Waals surface area (Å²) in [6.07, 6.45) is -0.0241. The van der Waals surface area contributed by atoms with Crippen LogP contribution in [0.2, 0.25) is 0 Å². The number of carbonyl (C=O) groups excluding carboxylic acids is 1. The van der Waals surface area contributed by atoms with Crippen LogP contribution in [-0.4, -0.2) is 40.7 Å². The monoisotopic (exact) mass is 323 g/mol. The Morgan fingerprint density at radius 3 is 2.36 bits per heavy atom. The van der Waals surface area contributed by atoms with Gasteiger partial charge in [0.15, 0.2) is 0 Å². The highest BCUT2D eigenvalue weighted by atomic mass is 32.2. The number of nitrogens with zero attached hydrogens (tertiary/aromatic N) is 1. The lowest BCUT2D eigenvalue weighted by Gasteiger charge is -2.24. The maximum Gasteiger partial charge on any atom is 0.305 e. The van der Waals surface area contributed by atoms with E-state index in [0.717, 1.165) is 11.5 Å². The minimum Gasteiger partial charge on any atom is -0.481 e. The molecule has 1 amide bonds. The summed E-state index contributed by atoms with van der Waals surface area (Å²) < 4.78 is 0. The predicted octanol–water partition coefficient (Wildman–Crippen LogP) is 3.51. The molecule has 1 aromatic carbocycles. The van der Waals surface area contributed by atoms with E-state index >= 15 is 0 Å². The van der Waals surface area contributed by atoms with E-state index in [1.807, 2.05) is 49.9 Å². The number of carbonyl (C=O) groups is 2. The summed E-state index contributed by atoms with van der Waals surface area (Å²) in [4.78, 5) is 24.9. The Balaban J connectivity index is 2.76. The third-order valence-corrected chi connectivity index (χ3v) is 4.09. The number of amides is 1. The molecule has 1 N–H and O–H groups in total. The normalized spacial score (nSPS) is 10.7. The highest BCUT2D eigenvalue weighted by Gasteiger charge is 2.17. The standard InChI is InChI=1S/C17H25NO3S/c1-4-22-12-14-5-7-15(8-6-14)17(21)18(11-13(2)3)10-9-16(19)20/h5-8,13H,4,9-12H2,1-3H3,(H,19,20). The summed E-state index contributed by atoms with van der Waals surface area (Å²) in [6.45, 7) is 6.98. The molecular weight excluding hydrogens is 298 g/mol. The van der Waals surface area contributed by atoms with Gasteiger partial charge in [-0.1, -0.05) is 32.9 Å². The molecule has 0 saturated carbocycles. The van der Waals surface area contributed by atoms with Crippen molar-refractivity contribution in [2.24, 2.45) is 5.92 Å². The Bertz CT molecular complexity index is 485. The van der Waals surface area contributed by atoms with Gasteiger partial charge >= 0.3 is 5.97 Å². The van der Waals surface area contributed by atoms with Crippen molar-refractivity contribution in [1.29, 1.82) is 0 Å². The number of carboxylic acids is 1. The molecule has 0 radical (unpaired) electrons. The Kier molecular flexibility index (Phi) is 8.02. The van der Waals surface area contributed by atoms with Crippen LogP contribution in [0.4, 0.5) is 0 Å². The molecule has 5 heteroatoms. The molecule has 4 nitrogen and oxygen atoms in total. The fourth-order valence-corrected chi connectivity index (χ4v) is 2.73. The molecular formula is C17H25NO3S. The van der Waals surface area contributed by atoms with Crippen molar-refractivity contribution in [2.45, 2.75) is 32.9 Å². The molecule has 1 rings (SSSR count). The lowest BCUT2D eigenvalue weighted by Crippen LogP contribution is -2.36. The number of aliphatic carboxylic acids is 1. The number of thioether (sulfide) groups is 1. The second-order valence-electron chi connectivity index (χ2n) is 5.62. The van der Waals surface area contributed by atoms with Gasteiger partial charge in [0.2, 0.25) is 0 Å². The van der Waals surface area contributed by atoms with Crippen molar-refractivity contribution in [2.75, 3.05) is 18.8 Å². The first-order valence-electron chi connectivity index (χ1n) is 7.61. The Hall–Kier alpha value is -1.49. The van der Waals surface area contributed by atoms with Crippen LogP contribution in [0, 0.1) is 5.92 Å². The third kappa shape index (κ3) is 6.52. The smallest absolute Gasteiger partial charge is 0.305 e. The fourth-order valence-electron chi connectivity index (χ4n) is 2.09. The molecule has 0 aliphatic rings. The zero-order chi connectivity index (χ0) is 16.5. The van der Waals surface area contributed by atoms with Gasteiger partial charge in [-0.3, -0.25) is 9.59 Å². The number of hydrogen-bond acceptors (Lipinski definition) is 3. The second-order valence-corrected chi connectivity index (χ2v) is 6.90. The lowest BCUT2D eigenvalue weighted by molar-refractivity contribution is -0.137. The zero-order valence-electron chi connectivity index (χ0n) is 13.5. The first kappa shape index (κ1) is 18.6. The molecule has 0 aliphatic heterocycles. The van der Waals surface area contributed by atoms with Crippen molar-refractivity contribution in [1.82, 2.24) is 4.90 Å². The molecule has 0 unspecified atom stereocenters. The van der Waals surface area contributed by atoms with Gasteiger partial charge in [0, 0.05) is 24.4 Å². The van der Waals surface area contributed by atoms with E-state index < -0.39 is 5.97 Å². The van der Waals surface area contributed by atoms with Crippen molar-refractivity contribution >= 4 is 23.6 Å². The maximum absolute atomic E-state index is 12.5. The SMILES string of the molecule is CCSCc1ccc(C(=O)N(CCC(=O)O)CC(C)C)cc1. The Labute approximate surface area is 136 Å². The Morgan fingerprint density at radius 1 is 1.23 bits per heavy atom. The van der Waals surface area contributed by atoms with E-state index in [1.54, 1.807) is 4.90 Å². The van der Waals surface area contributed by atoms with Crippen LogP contribution in [-0.2, 0) is 10.5 Å². The molecule has 0 heterocycles. The van der Waals surface area contributed by atoms with Gasteiger partial charge in [0.1, 0.15) is 0 Å². The van der Waals surface area contributed by atoms with E-state index in [1.165, 1.54) is 5.56 Å². The van der Waals surface area contributed by atoms with Crippen molar-refractivity contribution < 1.29 is 14.7 Å². The van der Waals surface area contributed by atoms with Crippen LogP contribution in [0.15, 0.2) is 24.3 Å². The summed E-state index contributed by atoms with van der Waals surface area (Å²) in [6, 6.07) is 7.62. The molecule has 22 heavy (non-hydrogen) atoms. The lowest BCUT2D eigenvalue weighted by atomic mass is 10.1. The molecule has 0 saturated heterocycles. The zero-order valence-corrected chi connectivity index (χ0v) is 14.4. The average Bonchev–Trinajstić information content (AvgIpc) is 2.48. The molecule has 0 bridgehead atoms. The molecule has 0 aromatic heterocycles. The van der Waals surface area contributed by atoms with Crippen LogP contribution in [0.1, 0.15) is 43.1 Å². The van der Waals surface area contributed by atoms with Gasteiger partial charge in [-0.15, -0.1) is 0 Å². The average molecular weight is 323 g/mol. The van der Waals surface area contributed by atoms with Gasteiger partial charge in [0.25, 0.3) is 5.91 Å². The molecule has 122 valence electrons. The van der Waals surface area contributed by atoms with E-state index in [2.05, 4.69) is 6.92 Å². The van der Waals surface area contributed by atoms with Gasteiger partial charge in [-0.2, -0.15) is 11.8 Å². The maximum atomic E-state index is 12.5. The van der Waals surface area contributed by atoms with E-state index in [-0.39, 0.29) is 18.9 Å². The van der Waals surface area contributed by atoms with E-state index in [9.17, 15) is 9.59 Å². The quantitative estimate of drug-likeness (QED) is 0.755. The number of benzene rings is 1. The van der Waals surface area contributed by atoms with Crippen LogP contribution in [0.5, 0.6) is 0 Å². The summed E-state index contributed by atoms with van der Waals surface area (Å²) in [5, 5.41) is 8.83. The number of hydrogen-bond donors (Lipinski definition) is 1. The van der Waals surface area contributed by atoms with E-state index in [4.69, 9.17) is 5.11 Å². The van der Waals surface area contributed by atoms with Crippen molar-refractivity contribution in [3.8, 4) is 0 Å². The van der Waals surface area contributed by atoms with Gasteiger partial charge in [-0.05, 0) is 29.4 Å². The summed E-state index contributed by atoms with van der Waals surface area (Å²) >= 11 is 1.84. The molecule has 0 spiro atoms. The van der Waals surface area contributed by atoms with Crippen molar-refractivity contribution in [3.63, 3.8) is 0 Å². The second kappa shape index (κ2) is 9.51. The first-order valence-corrected chi connectivity index (χ1v) is 8.77. The summed E-state index contributed by atoms with van der Waals surface area (Å²) in [5.41, 5.74) is 1.82. The number of rotatable bonds is 9. The predicted molar refractivity (Wildman–Crippen MR) is 91.3 cm³/mol. The number of carboxylic acid groups (broad SMARTS) is 1. The molecule has 0 fully saturated rings. The summed E-state index contributed by atoms with van der Waals surface area (Å²) in [7, 11) is 0. The molecule has 0 aliphatic carbocycles. The Morgan fingerprint density at radius 2 is 1.86 bits per heavy atom. The van der Waals surface area contributed by atoms with Gasteiger partial charge < -0.3 is 10.0 Å². The largest absolute Gasteiger partial charge is 0.481 e. The highest BCUT2D eigenvalue weighted by Crippen LogP contribution is 2.14. The van der Waals surface area contributed by atoms with E-state index in [0.29, 0.717) is 18.0 Å². The van der Waals surface area contributed by atoms with Gasteiger partial charge in [0.05, 0.1) is 6.42 Å². The van der Waals surface area contributed by atoms with Crippen LogP contribution in [0.3, 0.4) is 0 Å².